The summed E-state index contributed by atoms with van der Waals surface area (Å²) in [6, 6.07) is 10.4. The first-order valence-electron chi connectivity index (χ1n) is 5.49. The van der Waals surface area contributed by atoms with E-state index in [1.165, 1.54) is 0 Å². The zero-order chi connectivity index (χ0) is 13.4. The number of hydrogen-bond donors (Lipinski definition) is 1. The van der Waals surface area contributed by atoms with Crippen LogP contribution in [0.1, 0.15) is 10.4 Å². The fourth-order valence-electron chi connectivity index (χ4n) is 1.78. The van der Waals surface area contributed by atoms with Gasteiger partial charge in [0.05, 0.1) is 17.5 Å². The Morgan fingerprint density at radius 1 is 1.16 bits per heavy atom. The number of carbonyl (C=O) groups is 1. The number of aromatic nitrogens is 3. The van der Waals surface area contributed by atoms with Crippen molar-refractivity contribution in [3.05, 3.63) is 51.9 Å². The maximum atomic E-state index is 10.8. The average Bonchev–Trinajstić information content (AvgIpc) is 2.80. The normalized spacial score (nSPS) is 10.8. The van der Waals surface area contributed by atoms with Crippen LogP contribution in [0.4, 0.5) is 0 Å². The van der Waals surface area contributed by atoms with E-state index in [2.05, 4.69) is 32.7 Å². The number of carboxylic acid groups (broad SMARTS) is 1. The van der Waals surface area contributed by atoms with Crippen LogP contribution in [0.25, 0.3) is 16.9 Å². The van der Waals surface area contributed by atoms with Gasteiger partial charge in [0.15, 0.2) is 5.65 Å². The Morgan fingerprint density at radius 3 is 2.58 bits per heavy atom. The summed E-state index contributed by atoms with van der Waals surface area (Å²) in [5.41, 5.74) is 2.70. The number of halogens is 1. The third-order valence-corrected chi connectivity index (χ3v) is 3.48. The van der Waals surface area contributed by atoms with Crippen molar-refractivity contribution < 1.29 is 9.90 Å². The molecular formula is C13H8IN3O2. The Kier molecular flexibility index (Phi) is 2.94. The molecule has 5 nitrogen and oxygen atoms in total. The Hall–Kier alpha value is -1.96. The van der Waals surface area contributed by atoms with E-state index in [9.17, 15) is 4.79 Å². The first kappa shape index (κ1) is 12.1. The molecule has 0 spiro atoms. The monoisotopic (exact) mass is 365 g/mol. The molecule has 0 aliphatic rings. The van der Waals surface area contributed by atoms with Gasteiger partial charge in [-0.3, -0.25) is 0 Å². The molecule has 0 fully saturated rings. The van der Waals surface area contributed by atoms with Crippen LogP contribution < -0.4 is 0 Å². The summed E-state index contributed by atoms with van der Waals surface area (Å²) in [6.07, 6.45) is 1.75. The lowest BCUT2D eigenvalue weighted by Gasteiger charge is -2.03. The van der Waals surface area contributed by atoms with Crippen molar-refractivity contribution in [3.8, 4) is 11.3 Å². The average molecular weight is 365 g/mol. The maximum Gasteiger partial charge on any atom is 0.335 e. The Morgan fingerprint density at radius 2 is 1.89 bits per heavy atom. The number of benzene rings is 1. The van der Waals surface area contributed by atoms with Gasteiger partial charge in [0.25, 0.3) is 0 Å². The molecule has 3 rings (SSSR count). The molecule has 0 saturated heterocycles. The van der Waals surface area contributed by atoms with Crippen LogP contribution in [0.15, 0.2) is 42.6 Å². The largest absolute Gasteiger partial charge is 0.478 e. The Labute approximate surface area is 122 Å². The molecule has 3 aromatic rings. The van der Waals surface area contributed by atoms with Crippen molar-refractivity contribution in [1.82, 2.24) is 14.6 Å². The second kappa shape index (κ2) is 4.61. The van der Waals surface area contributed by atoms with E-state index in [1.54, 1.807) is 35.0 Å². The lowest BCUT2D eigenvalue weighted by molar-refractivity contribution is 0.0697. The molecule has 1 aromatic carbocycles. The van der Waals surface area contributed by atoms with Crippen LogP contribution >= 0.6 is 22.6 Å². The molecule has 1 N–H and O–H groups in total. The molecule has 0 aliphatic heterocycles. The second-order valence-corrected chi connectivity index (χ2v) is 5.06. The van der Waals surface area contributed by atoms with Gasteiger partial charge in [-0.25, -0.2) is 14.3 Å². The first-order chi connectivity index (χ1) is 9.15. The third-order valence-electron chi connectivity index (χ3n) is 2.75. The molecule has 0 unspecified atom stereocenters. The lowest BCUT2D eigenvalue weighted by Crippen LogP contribution is -1.98. The molecular weight excluding hydrogens is 357 g/mol. The quantitative estimate of drug-likeness (QED) is 0.710. The molecule has 0 atom stereocenters. The number of aromatic carboxylic acids is 1. The van der Waals surface area contributed by atoms with E-state index in [0.29, 0.717) is 0 Å². The van der Waals surface area contributed by atoms with E-state index >= 15 is 0 Å². The summed E-state index contributed by atoms with van der Waals surface area (Å²) in [5.74, 6) is -0.931. The summed E-state index contributed by atoms with van der Waals surface area (Å²) in [6.45, 7) is 0. The van der Waals surface area contributed by atoms with Gasteiger partial charge < -0.3 is 5.11 Å². The van der Waals surface area contributed by atoms with Crippen molar-refractivity contribution in [2.45, 2.75) is 0 Å². The van der Waals surface area contributed by atoms with Crippen molar-refractivity contribution in [1.29, 1.82) is 0 Å². The Bertz CT molecular complexity index is 765. The van der Waals surface area contributed by atoms with Gasteiger partial charge in [-0.1, -0.05) is 12.1 Å². The van der Waals surface area contributed by atoms with Crippen LogP contribution in [0.2, 0.25) is 0 Å². The number of hydrogen-bond acceptors (Lipinski definition) is 3. The van der Waals surface area contributed by atoms with Gasteiger partial charge in [-0.2, -0.15) is 5.10 Å². The molecule has 6 heteroatoms. The molecule has 2 heterocycles. The minimum Gasteiger partial charge on any atom is -0.478 e. The zero-order valence-corrected chi connectivity index (χ0v) is 11.8. The highest BCUT2D eigenvalue weighted by Crippen LogP contribution is 2.19. The maximum absolute atomic E-state index is 10.8. The molecule has 2 aromatic heterocycles. The van der Waals surface area contributed by atoms with Gasteiger partial charge in [0, 0.05) is 5.56 Å². The van der Waals surface area contributed by atoms with E-state index in [1.807, 2.05) is 12.1 Å². The highest BCUT2D eigenvalue weighted by Gasteiger charge is 2.06. The highest BCUT2D eigenvalue weighted by molar-refractivity contribution is 14.1. The number of rotatable bonds is 2. The molecule has 0 aliphatic carbocycles. The summed E-state index contributed by atoms with van der Waals surface area (Å²) in [4.78, 5) is 15.0. The minimum absolute atomic E-state index is 0.266. The smallest absolute Gasteiger partial charge is 0.335 e. The summed E-state index contributed by atoms with van der Waals surface area (Å²) in [7, 11) is 0. The molecule has 0 saturated carbocycles. The van der Waals surface area contributed by atoms with Crippen molar-refractivity contribution in [3.63, 3.8) is 0 Å². The molecule has 0 bridgehead atoms. The van der Waals surface area contributed by atoms with E-state index in [4.69, 9.17) is 5.11 Å². The fourth-order valence-corrected chi connectivity index (χ4v) is 2.28. The fraction of sp³-hybridized carbons (Fsp3) is 0. The number of nitrogens with zero attached hydrogens (tertiary/aromatic N) is 3. The number of imidazole rings is 1. The van der Waals surface area contributed by atoms with E-state index in [-0.39, 0.29) is 5.56 Å². The molecule has 94 valence electrons. The summed E-state index contributed by atoms with van der Waals surface area (Å²) in [5, 5.41) is 13.3. The number of fused-ring (bicyclic) bond motifs is 1. The highest BCUT2D eigenvalue weighted by atomic mass is 127. The summed E-state index contributed by atoms with van der Waals surface area (Å²) < 4.78 is 2.68. The van der Waals surface area contributed by atoms with Gasteiger partial charge in [0.2, 0.25) is 0 Å². The van der Waals surface area contributed by atoms with Crippen LogP contribution in [0.5, 0.6) is 0 Å². The van der Waals surface area contributed by atoms with Crippen LogP contribution in [-0.2, 0) is 0 Å². The van der Waals surface area contributed by atoms with Gasteiger partial charge >= 0.3 is 5.97 Å². The van der Waals surface area contributed by atoms with E-state index < -0.39 is 5.97 Å². The SMILES string of the molecule is O=C(O)c1ccc(-c2ccc3ncc(I)n3n2)cc1. The van der Waals surface area contributed by atoms with Crippen molar-refractivity contribution >= 4 is 34.2 Å². The van der Waals surface area contributed by atoms with Gasteiger partial charge in [-0.15, -0.1) is 0 Å². The molecule has 0 amide bonds. The Balaban J connectivity index is 2.08. The van der Waals surface area contributed by atoms with Crippen LogP contribution in [0.3, 0.4) is 0 Å². The molecule has 0 radical (unpaired) electrons. The first-order valence-corrected chi connectivity index (χ1v) is 6.57. The van der Waals surface area contributed by atoms with Crippen LogP contribution in [0, 0.1) is 3.70 Å². The summed E-state index contributed by atoms with van der Waals surface area (Å²) >= 11 is 2.16. The van der Waals surface area contributed by atoms with E-state index in [0.717, 1.165) is 20.6 Å². The lowest BCUT2D eigenvalue weighted by atomic mass is 10.1. The third kappa shape index (κ3) is 2.19. The van der Waals surface area contributed by atoms with Crippen molar-refractivity contribution in [2.75, 3.05) is 0 Å². The van der Waals surface area contributed by atoms with Gasteiger partial charge in [-0.05, 0) is 46.9 Å². The van der Waals surface area contributed by atoms with Crippen molar-refractivity contribution in [2.24, 2.45) is 0 Å². The standard InChI is InChI=1S/C13H8IN3O2/c14-11-7-15-12-6-5-10(16-17(11)12)8-1-3-9(4-2-8)13(18)19/h1-7H,(H,18,19). The predicted octanol–water partition coefficient (Wildman–Crippen LogP) is 2.70. The minimum atomic E-state index is -0.931. The predicted molar refractivity (Wildman–Crippen MR) is 78.1 cm³/mol. The topological polar surface area (TPSA) is 67.5 Å². The zero-order valence-electron chi connectivity index (χ0n) is 9.62. The molecule has 19 heavy (non-hydrogen) atoms. The second-order valence-electron chi connectivity index (χ2n) is 3.95. The van der Waals surface area contributed by atoms with Gasteiger partial charge in [0.1, 0.15) is 3.70 Å². The number of carboxylic acids is 1. The van der Waals surface area contributed by atoms with Crippen LogP contribution in [-0.4, -0.2) is 25.7 Å².